The molecule has 4 heteroatoms. The average molecular weight is 700 g/mol. The van der Waals surface area contributed by atoms with Gasteiger partial charge >= 0.3 is 0 Å². The van der Waals surface area contributed by atoms with Gasteiger partial charge in [0.1, 0.15) is 11.2 Å². The number of fused-ring (bicyclic) bond motifs is 8. The number of aromatic nitrogens is 3. The van der Waals surface area contributed by atoms with Crippen molar-refractivity contribution < 1.29 is 4.42 Å². The van der Waals surface area contributed by atoms with Crippen molar-refractivity contribution in [2.45, 2.75) is 0 Å². The lowest BCUT2D eigenvalue weighted by Gasteiger charge is -2.16. The van der Waals surface area contributed by atoms with Gasteiger partial charge < -0.3 is 4.42 Å². The van der Waals surface area contributed by atoms with Crippen LogP contribution in [0.4, 0.5) is 0 Å². The first kappa shape index (κ1) is 30.1. The highest BCUT2D eigenvalue weighted by molar-refractivity contribution is 6.27. The zero-order valence-electron chi connectivity index (χ0n) is 29.5. The van der Waals surface area contributed by atoms with Crippen LogP contribution in [0.5, 0.6) is 0 Å². The minimum Gasteiger partial charge on any atom is -0.456 e. The third-order valence-corrected chi connectivity index (χ3v) is 11.2. The number of benzene rings is 9. The first-order chi connectivity index (χ1) is 27.3. The van der Waals surface area contributed by atoms with Crippen molar-refractivity contribution in [3.05, 3.63) is 176 Å². The van der Waals surface area contributed by atoms with Gasteiger partial charge in [-0.15, -0.1) is 0 Å². The van der Waals surface area contributed by atoms with Crippen LogP contribution in [0, 0.1) is 0 Å². The van der Waals surface area contributed by atoms with E-state index in [1.54, 1.807) is 0 Å². The summed E-state index contributed by atoms with van der Waals surface area (Å²) < 4.78 is 6.65. The van der Waals surface area contributed by atoms with Crippen molar-refractivity contribution in [1.29, 1.82) is 0 Å². The van der Waals surface area contributed by atoms with E-state index >= 15 is 0 Å². The normalized spacial score (nSPS) is 12.0. The quantitative estimate of drug-likeness (QED) is 0.183. The number of nitrogens with zero attached hydrogens (tertiary/aromatic N) is 3. The fourth-order valence-electron chi connectivity index (χ4n) is 8.82. The van der Waals surface area contributed by atoms with Crippen molar-refractivity contribution in [3.63, 3.8) is 0 Å². The summed E-state index contributed by atoms with van der Waals surface area (Å²) in [6, 6.07) is 62.0. The topological polar surface area (TPSA) is 51.8 Å². The SMILES string of the molecule is c1ccc(-c2nc(-c3ccc4ccccc4c3)nc(-c3cccc4c(-c5c6c(cc7oc8ccccc8c57)-c5cccc7cccc-6c57)cccc34)n2)cc1. The molecule has 254 valence electrons. The fourth-order valence-corrected chi connectivity index (χ4v) is 8.82. The van der Waals surface area contributed by atoms with Crippen molar-refractivity contribution >= 4 is 54.3 Å². The molecule has 0 spiro atoms. The van der Waals surface area contributed by atoms with Gasteiger partial charge in [0.2, 0.25) is 0 Å². The second-order valence-electron chi connectivity index (χ2n) is 14.3. The molecule has 0 atom stereocenters. The summed E-state index contributed by atoms with van der Waals surface area (Å²) in [5, 5.41) is 9.28. The van der Waals surface area contributed by atoms with Gasteiger partial charge in [-0.2, -0.15) is 0 Å². The van der Waals surface area contributed by atoms with E-state index in [-0.39, 0.29) is 0 Å². The van der Waals surface area contributed by atoms with E-state index in [0.717, 1.165) is 60.4 Å². The summed E-state index contributed by atoms with van der Waals surface area (Å²) in [6.07, 6.45) is 0. The van der Waals surface area contributed by atoms with Gasteiger partial charge in [-0.1, -0.05) is 158 Å². The fraction of sp³-hybridized carbons (Fsp3) is 0. The molecule has 55 heavy (non-hydrogen) atoms. The molecule has 0 saturated carbocycles. The monoisotopic (exact) mass is 699 g/mol. The molecule has 2 aromatic heterocycles. The van der Waals surface area contributed by atoms with Crippen molar-refractivity contribution in [2.24, 2.45) is 0 Å². The lowest BCUT2D eigenvalue weighted by Crippen LogP contribution is -2.00. The first-order valence-electron chi connectivity index (χ1n) is 18.6. The summed E-state index contributed by atoms with van der Waals surface area (Å²) in [5.74, 6) is 1.91. The molecule has 12 rings (SSSR count). The Labute approximate surface area is 316 Å². The Morgan fingerprint density at radius 3 is 1.78 bits per heavy atom. The van der Waals surface area contributed by atoms with Crippen LogP contribution in [0.1, 0.15) is 0 Å². The molecule has 9 aromatic carbocycles. The molecule has 0 fully saturated rings. The molecule has 1 aliphatic rings. The predicted octanol–water partition coefficient (Wildman–Crippen LogP) is 13.5. The van der Waals surface area contributed by atoms with E-state index in [1.807, 2.05) is 24.3 Å². The van der Waals surface area contributed by atoms with Crippen molar-refractivity contribution in [3.8, 4) is 67.5 Å². The van der Waals surface area contributed by atoms with Crippen LogP contribution in [0.15, 0.2) is 180 Å². The Morgan fingerprint density at radius 1 is 0.309 bits per heavy atom. The minimum atomic E-state index is 0.633. The molecule has 1 aliphatic carbocycles. The van der Waals surface area contributed by atoms with E-state index in [1.165, 1.54) is 44.0 Å². The highest BCUT2D eigenvalue weighted by Gasteiger charge is 2.29. The molecule has 0 unspecified atom stereocenters. The second kappa shape index (κ2) is 11.5. The Balaban J connectivity index is 1.14. The van der Waals surface area contributed by atoms with E-state index in [0.29, 0.717) is 17.5 Å². The molecule has 4 nitrogen and oxygen atoms in total. The van der Waals surface area contributed by atoms with Crippen LogP contribution in [-0.4, -0.2) is 15.0 Å². The summed E-state index contributed by atoms with van der Waals surface area (Å²) >= 11 is 0. The van der Waals surface area contributed by atoms with Gasteiger partial charge in [0.15, 0.2) is 17.5 Å². The zero-order valence-corrected chi connectivity index (χ0v) is 29.5. The summed E-state index contributed by atoms with van der Waals surface area (Å²) in [7, 11) is 0. The van der Waals surface area contributed by atoms with E-state index in [9.17, 15) is 0 Å². The molecule has 0 N–H and O–H groups in total. The summed E-state index contributed by atoms with van der Waals surface area (Å²) in [6.45, 7) is 0. The number of hydrogen-bond acceptors (Lipinski definition) is 4. The maximum Gasteiger partial charge on any atom is 0.164 e. The molecule has 0 saturated heterocycles. The van der Waals surface area contributed by atoms with Gasteiger partial charge in [-0.3, -0.25) is 0 Å². The smallest absolute Gasteiger partial charge is 0.164 e. The predicted molar refractivity (Wildman–Crippen MR) is 226 cm³/mol. The van der Waals surface area contributed by atoms with Gasteiger partial charge in [0, 0.05) is 33.0 Å². The van der Waals surface area contributed by atoms with Crippen LogP contribution < -0.4 is 0 Å². The van der Waals surface area contributed by atoms with Crippen LogP contribution in [0.2, 0.25) is 0 Å². The van der Waals surface area contributed by atoms with Crippen molar-refractivity contribution in [2.75, 3.05) is 0 Å². The lowest BCUT2D eigenvalue weighted by atomic mass is 9.86. The maximum atomic E-state index is 6.65. The minimum absolute atomic E-state index is 0.633. The molecule has 11 aromatic rings. The molecule has 0 amide bonds. The Kier molecular flexibility index (Phi) is 6.31. The molecule has 2 heterocycles. The third kappa shape index (κ3) is 4.49. The van der Waals surface area contributed by atoms with Gasteiger partial charge in [-0.05, 0) is 78.3 Å². The maximum absolute atomic E-state index is 6.65. The van der Waals surface area contributed by atoms with Gasteiger partial charge in [0.05, 0.1) is 0 Å². The molecule has 0 bridgehead atoms. The average Bonchev–Trinajstić information content (AvgIpc) is 3.79. The summed E-state index contributed by atoms with van der Waals surface area (Å²) in [5.41, 5.74) is 11.9. The Morgan fingerprint density at radius 2 is 0.927 bits per heavy atom. The van der Waals surface area contributed by atoms with Gasteiger partial charge in [-0.25, -0.2) is 15.0 Å². The zero-order chi connectivity index (χ0) is 36.0. The highest BCUT2D eigenvalue weighted by atomic mass is 16.3. The molecule has 0 aliphatic heterocycles. The number of hydrogen-bond donors (Lipinski definition) is 0. The Bertz CT molecular complexity index is 3380. The summed E-state index contributed by atoms with van der Waals surface area (Å²) in [4.78, 5) is 15.4. The third-order valence-electron chi connectivity index (χ3n) is 11.2. The largest absolute Gasteiger partial charge is 0.456 e. The lowest BCUT2D eigenvalue weighted by molar-refractivity contribution is 0.669. The number of furan rings is 1. The number of rotatable bonds is 4. The van der Waals surface area contributed by atoms with E-state index in [4.69, 9.17) is 19.4 Å². The Hall–Kier alpha value is -7.43. The van der Waals surface area contributed by atoms with E-state index in [2.05, 4.69) is 152 Å². The van der Waals surface area contributed by atoms with Crippen LogP contribution >= 0.6 is 0 Å². The van der Waals surface area contributed by atoms with Crippen LogP contribution in [-0.2, 0) is 0 Å². The van der Waals surface area contributed by atoms with Gasteiger partial charge in [0.25, 0.3) is 0 Å². The molecule has 0 radical (unpaired) electrons. The highest BCUT2D eigenvalue weighted by Crippen LogP contribution is 2.55. The molecular weight excluding hydrogens is 671 g/mol. The standard InChI is InChI=1S/C51H29N3O/c1-2-13-32(14-3-1)49-52-50(34-27-26-30-12-4-5-15-33(30)28-34)54-51(53-49)39-23-11-19-35-36(39)20-10-22-37(35)48-46-41-24-9-17-31-16-8-21-38(45(31)41)42(46)29-44-47(48)40-18-6-7-25-43(40)55-44/h1-29H. The van der Waals surface area contributed by atoms with E-state index < -0.39 is 0 Å². The van der Waals surface area contributed by atoms with Crippen molar-refractivity contribution in [1.82, 2.24) is 15.0 Å². The molecular formula is C51H29N3O. The van der Waals surface area contributed by atoms with Crippen LogP contribution in [0.25, 0.3) is 122 Å². The first-order valence-corrected chi connectivity index (χ1v) is 18.6. The number of para-hydroxylation sites is 1. The second-order valence-corrected chi connectivity index (χ2v) is 14.3. The van der Waals surface area contributed by atoms with Crippen LogP contribution in [0.3, 0.4) is 0 Å².